The Morgan fingerprint density at radius 2 is 1.71 bits per heavy atom. The standard InChI is InChI=1S/C15H12O2/c1-11-10-14(13-8-5-9-16-13)17-15(11)12-6-3-2-4-7-12/h2-10H,1H3. The summed E-state index contributed by atoms with van der Waals surface area (Å²) in [4.78, 5) is 0. The molecule has 0 radical (unpaired) electrons. The fourth-order valence-corrected chi connectivity index (χ4v) is 1.90. The van der Waals surface area contributed by atoms with E-state index in [0.717, 1.165) is 28.4 Å². The van der Waals surface area contributed by atoms with Crippen molar-refractivity contribution in [1.29, 1.82) is 0 Å². The summed E-state index contributed by atoms with van der Waals surface area (Å²) in [5.41, 5.74) is 2.20. The Bertz CT molecular complexity index is 604. The third-order valence-electron chi connectivity index (χ3n) is 2.72. The molecule has 0 saturated carbocycles. The van der Waals surface area contributed by atoms with Crippen LogP contribution in [0, 0.1) is 6.92 Å². The van der Waals surface area contributed by atoms with E-state index in [4.69, 9.17) is 8.83 Å². The maximum atomic E-state index is 5.85. The molecule has 0 atom stereocenters. The second-order valence-corrected chi connectivity index (χ2v) is 3.97. The third kappa shape index (κ3) is 1.78. The first kappa shape index (κ1) is 9.97. The van der Waals surface area contributed by atoms with Gasteiger partial charge >= 0.3 is 0 Å². The Morgan fingerprint density at radius 3 is 2.41 bits per heavy atom. The summed E-state index contributed by atoms with van der Waals surface area (Å²) in [5, 5.41) is 0. The van der Waals surface area contributed by atoms with Gasteiger partial charge in [-0.25, -0.2) is 0 Å². The van der Waals surface area contributed by atoms with E-state index in [1.165, 1.54) is 0 Å². The van der Waals surface area contributed by atoms with Gasteiger partial charge in [-0.15, -0.1) is 0 Å². The molecule has 0 aliphatic rings. The van der Waals surface area contributed by atoms with Crippen LogP contribution in [-0.4, -0.2) is 0 Å². The summed E-state index contributed by atoms with van der Waals surface area (Å²) in [6, 6.07) is 15.8. The summed E-state index contributed by atoms with van der Waals surface area (Å²) in [6.45, 7) is 2.04. The first-order chi connectivity index (χ1) is 8.34. The second-order valence-electron chi connectivity index (χ2n) is 3.97. The van der Waals surface area contributed by atoms with Crippen LogP contribution in [0.15, 0.2) is 63.6 Å². The maximum absolute atomic E-state index is 5.85. The van der Waals surface area contributed by atoms with E-state index in [-0.39, 0.29) is 0 Å². The number of benzene rings is 1. The lowest BCUT2D eigenvalue weighted by Gasteiger charge is -1.97. The zero-order chi connectivity index (χ0) is 11.7. The lowest BCUT2D eigenvalue weighted by molar-refractivity contribution is 0.531. The van der Waals surface area contributed by atoms with E-state index < -0.39 is 0 Å². The minimum Gasteiger partial charge on any atom is -0.461 e. The number of aryl methyl sites for hydroxylation is 1. The van der Waals surface area contributed by atoms with Crippen LogP contribution in [0.4, 0.5) is 0 Å². The van der Waals surface area contributed by atoms with Crippen molar-refractivity contribution < 1.29 is 8.83 Å². The Labute approximate surface area is 99.5 Å². The highest BCUT2D eigenvalue weighted by Gasteiger charge is 2.12. The smallest absolute Gasteiger partial charge is 0.170 e. The van der Waals surface area contributed by atoms with E-state index in [0.29, 0.717) is 0 Å². The topological polar surface area (TPSA) is 26.3 Å². The van der Waals surface area contributed by atoms with Gasteiger partial charge in [0.15, 0.2) is 11.5 Å². The molecular weight excluding hydrogens is 212 g/mol. The Morgan fingerprint density at radius 1 is 0.882 bits per heavy atom. The monoisotopic (exact) mass is 224 g/mol. The zero-order valence-corrected chi connectivity index (χ0v) is 9.51. The highest BCUT2D eigenvalue weighted by atomic mass is 16.4. The summed E-state index contributed by atoms with van der Waals surface area (Å²) < 4.78 is 11.2. The lowest BCUT2D eigenvalue weighted by atomic mass is 10.1. The van der Waals surface area contributed by atoms with Gasteiger partial charge in [-0.3, -0.25) is 0 Å². The van der Waals surface area contributed by atoms with Gasteiger partial charge in [0.05, 0.1) is 6.26 Å². The number of rotatable bonds is 2. The van der Waals surface area contributed by atoms with Crippen LogP contribution in [0.5, 0.6) is 0 Å². The Balaban J connectivity index is 2.08. The van der Waals surface area contributed by atoms with Crippen LogP contribution in [-0.2, 0) is 0 Å². The quantitative estimate of drug-likeness (QED) is 0.640. The predicted molar refractivity (Wildman–Crippen MR) is 66.6 cm³/mol. The summed E-state index contributed by atoms with van der Waals surface area (Å²) in [6.07, 6.45) is 1.65. The second kappa shape index (κ2) is 3.98. The van der Waals surface area contributed by atoms with Gasteiger partial charge in [0.2, 0.25) is 0 Å². The van der Waals surface area contributed by atoms with Gasteiger partial charge in [-0.2, -0.15) is 0 Å². The molecule has 84 valence electrons. The van der Waals surface area contributed by atoms with Crippen molar-refractivity contribution in [2.75, 3.05) is 0 Å². The molecule has 2 heteroatoms. The lowest BCUT2D eigenvalue weighted by Crippen LogP contribution is -1.74. The first-order valence-corrected chi connectivity index (χ1v) is 5.54. The van der Waals surface area contributed by atoms with Gasteiger partial charge in [-0.1, -0.05) is 30.3 Å². The largest absolute Gasteiger partial charge is 0.461 e. The fourth-order valence-electron chi connectivity index (χ4n) is 1.90. The highest BCUT2D eigenvalue weighted by Crippen LogP contribution is 2.32. The molecular formula is C15H12O2. The molecule has 0 bridgehead atoms. The van der Waals surface area contributed by atoms with Crippen LogP contribution in [0.25, 0.3) is 22.8 Å². The SMILES string of the molecule is Cc1cc(-c2ccco2)oc1-c1ccccc1. The summed E-state index contributed by atoms with van der Waals surface area (Å²) in [5.74, 6) is 2.43. The molecule has 0 spiro atoms. The summed E-state index contributed by atoms with van der Waals surface area (Å²) in [7, 11) is 0. The molecule has 17 heavy (non-hydrogen) atoms. The molecule has 2 nitrogen and oxygen atoms in total. The van der Waals surface area contributed by atoms with Crippen LogP contribution in [0.3, 0.4) is 0 Å². The predicted octanol–water partition coefficient (Wildman–Crippen LogP) is 4.52. The van der Waals surface area contributed by atoms with Crippen molar-refractivity contribution in [3.05, 3.63) is 60.4 Å². The van der Waals surface area contributed by atoms with Crippen molar-refractivity contribution in [3.63, 3.8) is 0 Å². The minimum absolute atomic E-state index is 0.760. The molecule has 0 fully saturated rings. The summed E-state index contributed by atoms with van der Waals surface area (Å²) >= 11 is 0. The van der Waals surface area contributed by atoms with E-state index in [1.54, 1.807) is 6.26 Å². The van der Waals surface area contributed by atoms with Gasteiger partial charge in [0.1, 0.15) is 5.76 Å². The number of furan rings is 2. The van der Waals surface area contributed by atoms with Crippen molar-refractivity contribution in [2.45, 2.75) is 6.92 Å². The molecule has 0 amide bonds. The van der Waals surface area contributed by atoms with Crippen LogP contribution < -0.4 is 0 Å². The third-order valence-corrected chi connectivity index (χ3v) is 2.72. The van der Waals surface area contributed by atoms with Crippen molar-refractivity contribution >= 4 is 0 Å². The average molecular weight is 224 g/mol. The molecule has 0 aliphatic carbocycles. The van der Waals surface area contributed by atoms with E-state index >= 15 is 0 Å². The zero-order valence-electron chi connectivity index (χ0n) is 9.51. The minimum atomic E-state index is 0.760. The van der Waals surface area contributed by atoms with Gasteiger partial charge in [0.25, 0.3) is 0 Å². The average Bonchev–Trinajstić information content (AvgIpc) is 2.99. The number of hydrogen-bond acceptors (Lipinski definition) is 2. The molecule has 0 saturated heterocycles. The molecule has 0 unspecified atom stereocenters. The molecule has 3 rings (SSSR count). The van der Waals surface area contributed by atoms with Crippen molar-refractivity contribution in [2.24, 2.45) is 0 Å². The molecule has 0 N–H and O–H groups in total. The van der Waals surface area contributed by atoms with Crippen molar-refractivity contribution in [1.82, 2.24) is 0 Å². The molecule has 0 aliphatic heterocycles. The number of hydrogen-bond donors (Lipinski definition) is 0. The van der Waals surface area contributed by atoms with Crippen molar-refractivity contribution in [3.8, 4) is 22.8 Å². The van der Waals surface area contributed by atoms with E-state index in [1.807, 2.05) is 55.5 Å². The van der Waals surface area contributed by atoms with Gasteiger partial charge in [0, 0.05) is 5.56 Å². The van der Waals surface area contributed by atoms with Crippen LogP contribution in [0.1, 0.15) is 5.56 Å². The fraction of sp³-hybridized carbons (Fsp3) is 0.0667. The first-order valence-electron chi connectivity index (χ1n) is 5.54. The van der Waals surface area contributed by atoms with Gasteiger partial charge < -0.3 is 8.83 Å². The van der Waals surface area contributed by atoms with E-state index in [2.05, 4.69) is 0 Å². The molecule has 1 aromatic carbocycles. The Hall–Kier alpha value is -2.22. The van der Waals surface area contributed by atoms with Gasteiger partial charge in [-0.05, 0) is 30.7 Å². The van der Waals surface area contributed by atoms with E-state index in [9.17, 15) is 0 Å². The van der Waals surface area contributed by atoms with Crippen LogP contribution >= 0.6 is 0 Å². The Kier molecular flexibility index (Phi) is 2.33. The highest BCUT2D eigenvalue weighted by molar-refractivity contribution is 5.66. The maximum Gasteiger partial charge on any atom is 0.170 e. The van der Waals surface area contributed by atoms with Crippen LogP contribution in [0.2, 0.25) is 0 Å². The molecule has 3 aromatic rings. The molecule has 2 heterocycles. The molecule has 2 aromatic heterocycles. The normalized spacial score (nSPS) is 10.6.